The molecule has 3 heteroatoms. The number of rotatable bonds is 5. The summed E-state index contributed by atoms with van der Waals surface area (Å²) in [6.07, 6.45) is 3.80. The Labute approximate surface area is 90.8 Å². The fraction of sp³-hybridized carbons (Fsp3) is 0.167. The van der Waals surface area contributed by atoms with Gasteiger partial charge in [-0.2, -0.15) is 0 Å². The Morgan fingerprint density at radius 2 is 1.47 bits per heavy atom. The van der Waals surface area contributed by atoms with E-state index in [4.69, 9.17) is 10.8 Å². The van der Waals surface area contributed by atoms with Gasteiger partial charge in [0.25, 0.3) is 0 Å². The third kappa shape index (κ3) is 4.63. The van der Waals surface area contributed by atoms with Crippen molar-refractivity contribution in [2.24, 2.45) is 0 Å². The van der Waals surface area contributed by atoms with Crippen LogP contribution in [0.15, 0.2) is 55.6 Å². The molecule has 0 aliphatic carbocycles. The topological polar surface area (TPSA) is 50.8 Å². The molecule has 0 amide bonds. The molecule has 0 aliphatic heterocycles. The summed E-state index contributed by atoms with van der Waals surface area (Å²) < 4.78 is 0. The molecule has 1 aromatic carbocycles. The van der Waals surface area contributed by atoms with E-state index in [0.29, 0.717) is 0 Å². The lowest BCUT2D eigenvalue weighted by Crippen LogP contribution is -2.22. The van der Waals surface area contributed by atoms with Crippen molar-refractivity contribution in [3.63, 3.8) is 0 Å². The van der Waals surface area contributed by atoms with Crippen LogP contribution in [0.4, 0.5) is 5.69 Å². The third-order valence-corrected chi connectivity index (χ3v) is 1.82. The van der Waals surface area contributed by atoms with E-state index in [1.807, 2.05) is 30.4 Å². The predicted octanol–water partition coefficient (Wildman–Crippen LogP) is 2.90. The molecule has 0 spiro atoms. The van der Waals surface area contributed by atoms with Crippen molar-refractivity contribution in [3.8, 4) is 0 Å². The number of hydrogen-bond donors (Lipinski definition) is 0. The van der Waals surface area contributed by atoms with Crippen LogP contribution in [0, 0.1) is 10.8 Å². The number of benzene rings is 1. The van der Waals surface area contributed by atoms with Crippen molar-refractivity contribution in [1.82, 2.24) is 0 Å². The molecule has 15 heavy (non-hydrogen) atoms. The normalized spacial score (nSPS) is 8.13. The van der Waals surface area contributed by atoms with Crippen LogP contribution in [0.3, 0.4) is 0 Å². The first kappa shape index (κ1) is 12.9. The van der Waals surface area contributed by atoms with E-state index < -0.39 is 0 Å². The Morgan fingerprint density at radius 1 is 1.00 bits per heavy atom. The maximum Gasteiger partial charge on any atom is 0.0371 e. The Kier molecular flexibility index (Phi) is 7.33. The Balaban J connectivity index is 0.000000921. The van der Waals surface area contributed by atoms with Gasteiger partial charge in [0, 0.05) is 29.6 Å². The van der Waals surface area contributed by atoms with Gasteiger partial charge in [-0.05, 0) is 12.1 Å². The summed E-state index contributed by atoms with van der Waals surface area (Å²) in [4.78, 5) is 2.21. The fourth-order valence-corrected chi connectivity index (χ4v) is 1.24. The molecule has 0 N–H and O–H groups in total. The van der Waals surface area contributed by atoms with Gasteiger partial charge in [0.15, 0.2) is 0 Å². The summed E-state index contributed by atoms with van der Waals surface area (Å²) in [6.45, 7) is 9.18. The smallest absolute Gasteiger partial charge is 0.0371 e. The van der Waals surface area contributed by atoms with Crippen molar-refractivity contribution in [2.75, 3.05) is 18.0 Å². The predicted molar refractivity (Wildman–Crippen MR) is 62.5 cm³/mol. The molecule has 0 radical (unpaired) electrons. The molecule has 0 unspecified atom stereocenters. The quantitative estimate of drug-likeness (QED) is 0.543. The third-order valence-electron chi connectivity index (χ3n) is 1.82. The van der Waals surface area contributed by atoms with Gasteiger partial charge in [0.05, 0.1) is 0 Å². The van der Waals surface area contributed by atoms with Crippen LogP contribution in [-0.4, -0.2) is 13.1 Å². The molecule has 78 valence electrons. The zero-order chi connectivity index (χ0) is 11.5. The van der Waals surface area contributed by atoms with Gasteiger partial charge in [-0.25, -0.2) is 0 Å². The average molecular weight is 201 g/mol. The summed E-state index contributed by atoms with van der Waals surface area (Å²) in [7, 11) is 0. The number of para-hydroxylation sites is 1. The second-order valence-electron chi connectivity index (χ2n) is 2.82. The van der Waals surface area contributed by atoms with Crippen LogP contribution >= 0.6 is 0 Å². The first-order chi connectivity index (χ1) is 7.38. The summed E-state index contributed by atoms with van der Waals surface area (Å²) >= 11 is 0. The lowest BCUT2D eigenvalue weighted by Gasteiger charge is -2.21. The minimum Gasteiger partial charge on any atom is -0.364 e. The number of hydrogen-bond acceptors (Lipinski definition) is 3. The van der Waals surface area contributed by atoms with Gasteiger partial charge >= 0.3 is 0 Å². The standard InChI is InChI=1S/C12H15N.N2/c1-3-10-13(11-4-2)12-8-6-5-7-9-12;1-2/h3-9H,1-2,10-11H2;. The van der Waals surface area contributed by atoms with Crippen molar-refractivity contribution in [3.05, 3.63) is 55.6 Å². The maximum atomic E-state index is 6.00. The van der Waals surface area contributed by atoms with E-state index in [2.05, 4.69) is 30.2 Å². The van der Waals surface area contributed by atoms with Gasteiger partial charge in [0.2, 0.25) is 0 Å². The zero-order valence-electron chi connectivity index (χ0n) is 8.71. The summed E-state index contributed by atoms with van der Waals surface area (Å²) in [5.41, 5.74) is 1.21. The summed E-state index contributed by atoms with van der Waals surface area (Å²) in [6, 6.07) is 10.3. The van der Waals surface area contributed by atoms with Gasteiger partial charge in [-0.3, -0.25) is 0 Å². The number of anilines is 1. The Hall–Kier alpha value is -2.08. The molecule has 0 atom stereocenters. The van der Waals surface area contributed by atoms with Crippen LogP contribution in [0.25, 0.3) is 0 Å². The molecule has 0 aromatic heterocycles. The molecule has 0 aliphatic rings. The first-order valence-electron chi connectivity index (χ1n) is 4.60. The molecule has 0 saturated heterocycles. The van der Waals surface area contributed by atoms with Crippen LogP contribution in [0.5, 0.6) is 0 Å². The summed E-state index contributed by atoms with van der Waals surface area (Å²) in [5, 5.41) is 12.0. The van der Waals surface area contributed by atoms with Crippen molar-refractivity contribution in [2.45, 2.75) is 0 Å². The SMILES string of the molecule is C=CCN(CC=C)c1ccccc1.N#N. The van der Waals surface area contributed by atoms with Gasteiger partial charge in [-0.15, -0.1) is 13.2 Å². The minimum atomic E-state index is 0.857. The second kappa shape index (κ2) is 8.52. The van der Waals surface area contributed by atoms with Crippen LogP contribution in [-0.2, 0) is 0 Å². The van der Waals surface area contributed by atoms with E-state index in [9.17, 15) is 0 Å². The van der Waals surface area contributed by atoms with Crippen LogP contribution in [0.1, 0.15) is 0 Å². The lowest BCUT2D eigenvalue weighted by molar-refractivity contribution is 0.957. The highest BCUT2D eigenvalue weighted by Gasteiger charge is 1.99. The van der Waals surface area contributed by atoms with Crippen molar-refractivity contribution >= 4 is 5.69 Å². The second-order valence-corrected chi connectivity index (χ2v) is 2.82. The van der Waals surface area contributed by atoms with E-state index in [1.54, 1.807) is 0 Å². The highest BCUT2D eigenvalue weighted by atomic mass is 15.1. The van der Waals surface area contributed by atoms with Gasteiger partial charge < -0.3 is 4.90 Å². The van der Waals surface area contributed by atoms with E-state index in [0.717, 1.165) is 13.1 Å². The van der Waals surface area contributed by atoms with E-state index in [-0.39, 0.29) is 0 Å². The fourth-order valence-electron chi connectivity index (χ4n) is 1.24. The van der Waals surface area contributed by atoms with Crippen molar-refractivity contribution in [1.29, 1.82) is 10.8 Å². The highest BCUT2D eigenvalue weighted by molar-refractivity contribution is 5.47. The molecular formula is C12H15N3. The summed E-state index contributed by atoms with van der Waals surface area (Å²) in [5.74, 6) is 0. The van der Waals surface area contributed by atoms with Crippen LogP contribution in [0.2, 0.25) is 0 Å². The van der Waals surface area contributed by atoms with Gasteiger partial charge in [0.1, 0.15) is 0 Å². The monoisotopic (exact) mass is 201 g/mol. The molecule has 1 rings (SSSR count). The van der Waals surface area contributed by atoms with Crippen LogP contribution < -0.4 is 4.90 Å². The first-order valence-corrected chi connectivity index (χ1v) is 4.60. The molecule has 1 aromatic rings. The van der Waals surface area contributed by atoms with Crippen molar-refractivity contribution < 1.29 is 0 Å². The molecule has 0 heterocycles. The molecule has 0 fully saturated rings. The molecular weight excluding hydrogens is 186 g/mol. The lowest BCUT2D eigenvalue weighted by atomic mass is 10.3. The maximum absolute atomic E-state index is 6.00. The average Bonchev–Trinajstić information content (AvgIpc) is 2.33. The molecule has 3 nitrogen and oxygen atoms in total. The van der Waals surface area contributed by atoms with E-state index >= 15 is 0 Å². The van der Waals surface area contributed by atoms with E-state index in [1.165, 1.54) is 5.69 Å². The molecule has 0 saturated carbocycles. The number of nitrogens with zero attached hydrogens (tertiary/aromatic N) is 3. The minimum absolute atomic E-state index is 0.857. The zero-order valence-corrected chi connectivity index (χ0v) is 8.71. The largest absolute Gasteiger partial charge is 0.364 e. The Bertz CT molecular complexity index is 293. The highest BCUT2D eigenvalue weighted by Crippen LogP contribution is 2.12. The molecule has 0 bridgehead atoms. The van der Waals surface area contributed by atoms with Gasteiger partial charge in [-0.1, -0.05) is 30.4 Å². The Morgan fingerprint density at radius 3 is 1.87 bits per heavy atom.